The molecule has 0 radical (unpaired) electrons. The highest BCUT2D eigenvalue weighted by Gasteiger charge is 2.23. The third-order valence-electron chi connectivity index (χ3n) is 2.35. The van der Waals surface area contributed by atoms with Gasteiger partial charge in [-0.25, -0.2) is 9.37 Å². The third kappa shape index (κ3) is 1.42. The van der Waals surface area contributed by atoms with Gasteiger partial charge >= 0.3 is 0 Å². The summed E-state index contributed by atoms with van der Waals surface area (Å²) < 4.78 is 13.4. The summed E-state index contributed by atoms with van der Waals surface area (Å²) in [4.78, 5) is 3.71. The highest BCUT2D eigenvalue weighted by Crippen LogP contribution is 2.33. The van der Waals surface area contributed by atoms with E-state index < -0.39 is 11.9 Å². The Morgan fingerprint density at radius 1 is 1.62 bits per heavy atom. The summed E-state index contributed by atoms with van der Waals surface area (Å²) in [6.07, 6.45) is 3.07. The monoisotopic (exact) mass is 201 g/mol. The first-order chi connectivity index (χ1) is 6.20. The molecule has 1 unspecified atom stereocenters. The first-order valence-electron chi connectivity index (χ1n) is 4.21. The van der Waals surface area contributed by atoms with E-state index in [0.717, 1.165) is 18.4 Å². The third-order valence-corrected chi connectivity index (χ3v) is 2.62. The number of rotatable bonds is 0. The molecule has 1 N–H and O–H groups in total. The fourth-order valence-electron chi connectivity index (χ4n) is 1.70. The van der Waals surface area contributed by atoms with E-state index in [1.54, 1.807) is 6.20 Å². The zero-order valence-corrected chi connectivity index (χ0v) is 7.68. The summed E-state index contributed by atoms with van der Waals surface area (Å²) in [5, 5.41) is 9.39. The number of halogens is 2. The van der Waals surface area contributed by atoms with Crippen LogP contribution in [0.25, 0.3) is 0 Å². The fraction of sp³-hybridized carbons (Fsp3) is 0.444. The Bertz CT molecular complexity index is 343. The number of aliphatic hydroxyl groups excluding tert-OH is 1. The van der Waals surface area contributed by atoms with Gasteiger partial charge in [0, 0.05) is 11.8 Å². The van der Waals surface area contributed by atoms with Crippen molar-refractivity contribution in [1.82, 2.24) is 4.98 Å². The number of aryl methyl sites for hydroxylation is 1. The van der Waals surface area contributed by atoms with E-state index in [9.17, 15) is 9.50 Å². The Kier molecular flexibility index (Phi) is 2.22. The van der Waals surface area contributed by atoms with Gasteiger partial charge in [-0.15, -0.1) is 0 Å². The van der Waals surface area contributed by atoms with Gasteiger partial charge in [-0.1, -0.05) is 11.6 Å². The number of aromatic nitrogens is 1. The molecule has 0 bridgehead atoms. The van der Waals surface area contributed by atoms with Crippen molar-refractivity contribution in [3.05, 3.63) is 28.3 Å². The minimum absolute atomic E-state index is 0.153. The lowest BCUT2D eigenvalue weighted by molar-refractivity contribution is 0.151. The molecule has 4 heteroatoms. The molecule has 13 heavy (non-hydrogen) atoms. The Balaban J connectivity index is 2.58. The maximum Gasteiger partial charge on any atom is 0.166 e. The Hall–Kier alpha value is -0.670. The second-order valence-corrected chi connectivity index (χ2v) is 3.57. The van der Waals surface area contributed by atoms with Gasteiger partial charge in [-0.3, -0.25) is 0 Å². The molecular weight excluding hydrogens is 193 g/mol. The van der Waals surface area contributed by atoms with Crippen molar-refractivity contribution in [3.8, 4) is 0 Å². The van der Waals surface area contributed by atoms with Gasteiger partial charge in [0.15, 0.2) is 11.0 Å². The number of hydrogen-bond donors (Lipinski definition) is 1. The van der Waals surface area contributed by atoms with Crippen LogP contribution < -0.4 is 0 Å². The van der Waals surface area contributed by atoms with Gasteiger partial charge < -0.3 is 5.11 Å². The van der Waals surface area contributed by atoms with Crippen LogP contribution in [0.3, 0.4) is 0 Å². The smallest absolute Gasteiger partial charge is 0.166 e. The van der Waals surface area contributed by atoms with Crippen LogP contribution in [0.1, 0.15) is 30.1 Å². The summed E-state index contributed by atoms with van der Waals surface area (Å²) >= 11 is 5.51. The largest absolute Gasteiger partial charge is 0.388 e. The minimum Gasteiger partial charge on any atom is -0.388 e. The van der Waals surface area contributed by atoms with Gasteiger partial charge in [-0.05, 0) is 24.8 Å². The second-order valence-electron chi connectivity index (χ2n) is 3.21. The average Bonchev–Trinajstić information content (AvgIpc) is 2.12. The Morgan fingerprint density at radius 2 is 2.38 bits per heavy atom. The first-order valence-corrected chi connectivity index (χ1v) is 4.59. The number of nitrogens with zero attached hydrogens (tertiary/aromatic N) is 1. The van der Waals surface area contributed by atoms with Crippen LogP contribution in [0, 0.1) is 5.82 Å². The molecule has 2 rings (SSSR count). The molecule has 0 saturated heterocycles. The molecule has 1 aliphatic rings. The number of hydrogen-bond acceptors (Lipinski definition) is 2. The van der Waals surface area contributed by atoms with E-state index in [2.05, 4.69) is 4.98 Å². The minimum atomic E-state index is -0.718. The molecular formula is C9H9ClFNO. The molecule has 0 spiro atoms. The quantitative estimate of drug-likeness (QED) is 0.653. The van der Waals surface area contributed by atoms with E-state index in [-0.39, 0.29) is 5.15 Å². The summed E-state index contributed by atoms with van der Waals surface area (Å²) in [6.45, 7) is 0. The number of pyridine rings is 1. The van der Waals surface area contributed by atoms with E-state index in [0.29, 0.717) is 12.0 Å². The molecule has 0 amide bonds. The Labute approximate surface area is 80.4 Å². The zero-order valence-electron chi connectivity index (χ0n) is 6.93. The molecule has 0 fully saturated rings. The predicted octanol–water partition coefficient (Wildman–Crippen LogP) is 2.24. The normalized spacial score (nSPS) is 21.3. The van der Waals surface area contributed by atoms with Crippen LogP contribution in [0.2, 0.25) is 5.15 Å². The van der Waals surface area contributed by atoms with Gasteiger partial charge in [0.05, 0.1) is 6.10 Å². The van der Waals surface area contributed by atoms with Gasteiger partial charge in [-0.2, -0.15) is 0 Å². The van der Waals surface area contributed by atoms with Crippen LogP contribution in [-0.2, 0) is 6.42 Å². The van der Waals surface area contributed by atoms with Crippen molar-refractivity contribution in [2.24, 2.45) is 0 Å². The van der Waals surface area contributed by atoms with Crippen LogP contribution in [0.4, 0.5) is 4.39 Å². The van der Waals surface area contributed by atoms with Crippen molar-refractivity contribution in [1.29, 1.82) is 0 Å². The second kappa shape index (κ2) is 3.24. The molecule has 1 atom stereocenters. The molecule has 1 aromatic rings. The summed E-state index contributed by atoms with van der Waals surface area (Å²) in [5.74, 6) is -0.564. The highest BCUT2D eigenvalue weighted by molar-refractivity contribution is 6.29. The number of fused-ring (bicyclic) bond motifs is 1. The summed E-state index contributed by atoms with van der Waals surface area (Å²) in [5.41, 5.74) is 1.12. The fourth-order valence-corrected chi connectivity index (χ4v) is 1.85. The zero-order chi connectivity index (χ0) is 9.42. The lowest BCUT2D eigenvalue weighted by atomic mass is 9.91. The maximum atomic E-state index is 13.4. The van der Waals surface area contributed by atoms with Crippen molar-refractivity contribution in [3.63, 3.8) is 0 Å². The molecule has 1 heterocycles. The average molecular weight is 202 g/mol. The van der Waals surface area contributed by atoms with Crippen LogP contribution >= 0.6 is 11.6 Å². The van der Waals surface area contributed by atoms with Crippen molar-refractivity contribution in [2.75, 3.05) is 0 Å². The molecule has 1 aliphatic carbocycles. The summed E-state index contributed by atoms with van der Waals surface area (Å²) in [6, 6.07) is 0. The van der Waals surface area contributed by atoms with Crippen molar-refractivity contribution in [2.45, 2.75) is 25.4 Å². The van der Waals surface area contributed by atoms with Gasteiger partial charge in [0.1, 0.15) is 0 Å². The van der Waals surface area contributed by atoms with Crippen LogP contribution in [-0.4, -0.2) is 10.1 Å². The number of aliphatic hydroxyl groups is 1. The maximum absolute atomic E-state index is 13.4. The SMILES string of the molecule is OC1CCCc2cnc(Cl)c(F)c21. The van der Waals surface area contributed by atoms with Crippen LogP contribution in [0.5, 0.6) is 0 Å². The standard InChI is InChI=1S/C9H9ClFNO/c10-9-8(11)7-5(4-12-9)2-1-3-6(7)13/h4,6,13H,1-3H2. The molecule has 0 aromatic carbocycles. The van der Waals surface area contributed by atoms with E-state index in [4.69, 9.17) is 11.6 Å². The highest BCUT2D eigenvalue weighted by atomic mass is 35.5. The topological polar surface area (TPSA) is 33.1 Å². The molecule has 0 aliphatic heterocycles. The van der Waals surface area contributed by atoms with E-state index >= 15 is 0 Å². The summed E-state index contributed by atoms with van der Waals surface area (Å²) in [7, 11) is 0. The lowest BCUT2D eigenvalue weighted by Crippen LogP contribution is -2.12. The van der Waals surface area contributed by atoms with Crippen molar-refractivity contribution < 1.29 is 9.50 Å². The van der Waals surface area contributed by atoms with Gasteiger partial charge in [0.25, 0.3) is 0 Å². The Morgan fingerprint density at radius 3 is 3.15 bits per heavy atom. The molecule has 1 aromatic heterocycles. The van der Waals surface area contributed by atoms with E-state index in [1.165, 1.54) is 0 Å². The molecule has 70 valence electrons. The first kappa shape index (κ1) is 8.91. The van der Waals surface area contributed by atoms with Gasteiger partial charge in [0.2, 0.25) is 0 Å². The van der Waals surface area contributed by atoms with Crippen molar-refractivity contribution >= 4 is 11.6 Å². The molecule has 2 nitrogen and oxygen atoms in total. The molecule has 0 saturated carbocycles. The van der Waals surface area contributed by atoms with Crippen LogP contribution in [0.15, 0.2) is 6.20 Å². The predicted molar refractivity (Wildman–Crippen MR) is 47.1 cm³/mol. The van der Waals surface area contributed by atoms with E-state index in [1.807, 2.05) is 0 Å². The lowest BCUT2D eigenvalue weighted by Gasteiger charge is -2.21.